The average Bonchev–Trinajstić information content (AvgIpc) is 2.29. The summed E-state index contributed by atoms with van der Waals surface area (Å²) in [5.41, 5.74) is 2.26. The van der Waals surface area contributed by atoms with Gasteiger partial charge in [0.1, 0.15) is 0 Å². The second kappa shape index (κ2) is 6.65. The molecular weight excluding hydrogens is 217 g/mol. The zero-order chi connectivity index (χ0) is 12.0. The average molecular weight is 237 g/mol. The largest absolute Gasteiger partial charge is 0.297 e. The van der Waals surface area contributed by atoms with Crippen molar-refractivity contribution in [2.45, 2.75) is 39.5 Å². The van der Waals surface area contributed by atoms with Crippen molar-refractivity contribution < 1.29 is 4.79 Å². The molecule has 0 aliphatic carbocycles. The normalized spacial score (nSPS) is 10.2. The number of carbonyl (C=O) groups is 1. The maximum Gasteiger partial charge on any atom is 0.226 e. The van der Waals surface area contributed by atoms with E-state index in [-0.39, 0.29) is 5.91 Å². The summed E-state index contributed by atoms with van der Waals surface area (Å²) in [4.78, 5) is 11.3. The molecule has 0 radical (unpaired) electrons. The number of para-hydroxylation sites is 1. The second-order valence-corrected chi connectivity index (χ2v) is 4.49. The molecule has 3 heteroatoms. The summed E-state index contributed by atoms with van der Waals surface area (Å²) in [6.07, 6.45) is 4.69. The van der Waals surface area contributed by atoms with E-state index < -0.39 is 0 Å². The van der Waals surface area contributed by atoms with Crippen molar-refractivity contribution in [1.29, 1.82) is 0 Å². The van der Waals surface area contributed by atoms with E-state index in [4.69, 9.17) is 0 Å². The summed E-state index contributed by atoms with van der Waals surface area (Å²) < 4.78 is 1.64. The number of anilines is 1. The van der Waals surface area contributed by atoms with Crippen molar-refractivity contribution in [2.75, 3.05) is 4.67 Å². The molecule has 2 nitrogen and oxygen atoms in total. The molecule has 1 atom stereocenters. The molecule has 0 aliphatic heterocycles. The van der Waals surface area contributed by atoms with E-state index in [0.29, 0.717) is 0 Å². The molecule has 0 N–H and O–H groups in total. The van der Waals surface area contributed by atoms with Gasteiger partial charge in [0.25, 0.3) is 0 Å². The molecular formula is C13H20NOP. The molecule has 16 heavy (non-hydrogen) atoms. The molecule has 0 saturated heterocycles. The molecule has 0 aromatic heterocycles. The van der Waals surface area contributed by atoms with E-state index in [0.717, 1.165) is 12.1 Å². The molecule has 1 aromatic rings. The van der Waals surface area contributed by atoms with Crippen LogP contribution in [0.1, 0.15) is 38.7 Å². The third-order valence-electron chi connectivity index (χ3n) is 2.64. The van der Waals surface area contributed by atoms with Gasteiger partial charge in [0.15, 0.2) is 0 Å². The number of aryl methyl sites for hydroxylation is 1. The van der Waals surface area contributed by atoms with E-state index >= 15 is 0 Å². The van der Waals surface area contributed by atoms with Gasteiger partial charge in [0.05, 0.1) is 5.69 Å². The first kappa shape index (κ1) is 13.2. The summed E-state index contributed by atoms with van der Waals surface area (Å²) in [7, 11) is 2.48. The SMILES string of the molecule is CCCCCc1ccccc1N(P)C(C)=O. The first-order valence-electron chi connectivity index (χ1n) is 5.80. The van der Waals surface area contributed by atoms with Gasteiger partial charge in [0.2, 0.25) is 5.91 Å². The summed E-state index contributed by atoms with van der Waals surface area (Å²) in [5, 5.41) is 0. The van der Waals surface area contributed by atoms with Crippen LogP contribution in [-0.2, 0) is 11.2 Å². The Labute approximate surface area is 100 Å². The van der Waals surface area contributed by atoms with E-state index in [9.17, 15) is 4.79 Å². The minimum atomic E-state index is 0.0490. The van der Waals surface area contributed by atoms with Crippen molar-refractivity contribution >= 4 is 21.0 Å². The number of hydrogen-bond acceptors (Lipinski definition) is 1. The second-order valence-electron chi connectivity index (χ2n) is 3.97. The Morgan fingerprint density at radius 2 is 2.00 bits per heavy atom. The number of benzene rings is 1. The Morgan fingerprint density at radius 3 is 2.62 bits per heavy atom. The monoisotopic (exact) mass is 237 g/mol. The van der Waals surface area contributed by atoms with Crippen molar-refractivity contribution in [2.24, 2.45) is 0 Å². The van der Waals surface area contributed by atoms with Gasteiger partial charge in [-0.3, -0.25) is 9.46 Å². The summed E-state index contributed by atoms with van der Waals surface area (Å²) in [6, 6.07) is 8.10. The van der Waals surface area contributed by atoms with Crippen LogP contribution in [-0.4, -0.2) is 5.91 Å². The van der Waals surface area contributed by atoms with Gasteiger partial charge in [-0.25, -0.2) is 0 Å². The fourth-order valence-corrected chi connectivity index (χ4v) is 1.94. The predicted molar refractivity (Wildman–Crippen MR) is 72.5 cm³/mol. The number of hydrogen-bond donors (Lipinski definition) is 0. The standard InChI is InChI=1S/C13H20NOP/c1-3-4-5-8-12-9-6-7-10-13(12)14(16)11(2)15/h6-7,9-10H,3-5,8,16H2,1-2H3. The number of unbranched alkanes of at least 4 members (excludes halogenated alkanes) is 2. The van der Waals surface area contributed by atoms with Crippen LogP contribution in [0.5, 0.6) is 0 Å². The number of nitrogens with zero attached hydrogens (tertiary/aromatic N) is 1. The fourth-order valence-electron chi connectivity index (χ4n) is 1.69. The highest BCUT2D eigenvalue weighted by Crippen LogP contribution is 2.25. The zero-order valence-corrected chi connectivity index (χ0v) is 11.2. The number of carbonyl (C=O) groups excluding carboxylic acids is 1. The van der Waals surface area contributed by atoms with Gasteiger partial charge in [-0.2, -0.15) is 0 Å². The molecule has 0 heterocycles. The summed E-state index contributed by atoms with van der Waals surface area (Å²) >= 11 is 0. The fraction of sp³-hybridized carbons (Fsp3) is 0.462. The maximum absolute atomic E-state index is 11.3. The Kier molecular flexibility index (Phi) is 5.48. The summed E-state index contributed by atoms with van der Waals surface area (Å²) in [6.45, 7) is 3.78. The van der Waals surface area contributed by atoms with Crippen molar-refractivity contribution in [3.63, 3.8) is 0 Å². The van der Waals surface area contributed by atoms with E-state index in [1.807, 2.05) is 18.2 Å². The highest BCUT2D eigenvalue weighted by molar-refractivity contribution is 7.21. The van der Waals surface area contributed by atoms with Crippen LogP contribution < -0.4 is 4.67 Å². The van der Waals surface area contributed by atoms with E-state index in [1.165, 1.54) is 24.8 Å². The highest BCUT2D eigenvalue weighted by atomic mass is 31.0. The lowest BCUT2D eigenvalue weighted by Crippen LogP contribution is -2.17. The molecule has 1 rings (SSSR count). The van der Waals surface area contributed by atoms with Crippen LogP contribution in [0.25, 0.3) is 0 Å². The van der Waals surface area contributed by atoms with Crippen molar-refractivity contribution in [1.82, 2.24) is 0 Å². The van der Waals surface area contributed by atoms with Crippen molar-refractivity contribution in [3.8, 4) is 0 Å². The van der Waals surface area contributed by atoms with Crippen LogP contribution in [0.3, 0.4) is 0 Å². The van der Waals surface area contributed by atoms with Crippen LogP contribution in [0.4, 0.5) is 5.69 Å². The minimum Gasteiger partial charge on any atom is -0.297 e. The van der Waals surface area contributed by atoms with Gasteiger partial charge in [-0.15, -0.1) is 0 Å². The lowest BCUT2D eigenvalue weighted by atomic mass is 10.1. The van der Waals surface area contributed by atoms with Crippen molar-refractivity contribution in [3.05, 3.63) is 29.8 Å². The first-order chi connectivity index (χ1) is 7.66. The number of amides is 1. The maximum atomic E-state index is 11.3. The van der Waals surface area contributed by atoms with Crippen LogP contribution in [0.2, 0.25) is 0 Å². The first-order valence-corrected chi connectivity index (χ1v) is 6.31. The van der Waals surface area contributed by atoms with Gasteiger partial charge in [-0.05, 0) is 33.9 Å². The molecule has 1 amide bonds. The lowest BCUT2D eigenvalue weighted by molar-refractivity contribution is -0.115. The molecule has 1 unspecified atom stereocenters. The van der Waals surface area contributed by atoms with Crippen LogP contribution in [0.15, 0.2) is 24.3 Å². The smallest absolute Gasteiger partial charge is 0.226 e. The van der Waals surface area contributed by atoms with E-state index in [1.54, 1.807) is 11.6 Å². The lowest BCUT2D eigenvalue weighted by Gasteiger charge is -2.18. The molecule has 0 bridgehead atoms. The molecule has 0 fully saturated rings. The van der Waals surface area contributed by atoms with Gasteiger partial charge in [0, 0.05) is 6.92 Å². The van der Waals surface area contributed by atoms with Crippen LogP contribution in [0, 0.1) is 0 Å². The Hall–Kier alpha value is -0.880. The quantitative estimate of drug-likeness (QED) is 0.566. The predicted octanol–water partition coefficient (Wildman–Crippen LogP) is 3.56. The Morgan fingerprint density at radius 1 is 1.31 bits per heavy atom. The Balaban J connectivity index is 2.79. The van der Waals surface area contributed by atoms with Gasteiger partial charge >= 0.3 is 0 Å². The molecule has 1 aromatic carbocycles. The topological polar surface area (TPSA) is 20.3 Å². The van der Waals surface area contributed by atoms with Crippen LogP contribution >= 0.6 is 9.39 Å². The molecule has 88 valence electrons. The molecule has 0 spiro atoms. The van der Waals surface area contributed by atoms with Gasteiger partial charge in [-0.1, -0.05) is 38.0 Å². The third kappa shape index (κ3) is 3.61. The third-order valence-corrected chi connectivity index (χ3v) is 3.28. The number of rotatable bonds is 5. The zero-order valence-electron chi connectivity index (χ0n) is 10.1. The minimum absolute atomic E-state index is 0.0490. The highest BCUT2D eigenvalue weighted by Gasteiger charge is 2.09. The Bertz CT molecular complexity index is 352. The molecule has 0 aliphatic rings. The van der Waals surface area contributed by atoms with E-state index in [2.05, 4.69) is 22.4 Å². The van der Waals surface area contributed by atoms with Gasteiger partial charge < -0.3 is 0 Å². The summed E-state index contributed by atoms with van der Waals surface area (Å²) in [5.74, 6) is 0.0490. The molecule has 0 saturated carbocycles.